The first kappa shape index (κ1) is 20.4. The molecular formula is C23H24ClN3O3. The van der Waals surface area contributed by atoms with Crippen LogP contribution in [0.25, 0.3) is 5.57 Å². The summed E-state index contributed by atoms with van der Waals surface area (Å²) in [6.07, 6.45) is 0. The summed E-state index contributed by atoms with van der Waals surface area (Å²) >= 11 is 6.00. The molecule has 0 aliphatic carbocycles. The SMILES string of the molecule is CCN1CCN(C2=C(c3ccccc3OC)C(=O)N(c3ccc(Cl)cc3)C2=O)CC1. The van der Waals surface area contributed by atoms with E-state index in [0.717, 1.165) is 19.6 Å². The second-order valence-corrected chi connectivity index (χ2v) is 7.70. The maximum Gasteiger partial charge on any atom is 0.282 e. The van der Waals surface area contributed by atoms with Gasteiger partial charge in [-0.1, -0.05) is 36.7 Å². The molecule has 156 valence electrons. The van der Waals surface area contributed by atoms with Crippen LogP contribution in [0.2, 0.25) is 5.02 Å². The fourth-order valence-electron chi connectivity index (χ4n) is 4.02. The molecule has 2 amide bonds. The van der Waals surface area contributed by atoms with E-state index in [2.05, 4.69) is 11.8 Å². The van der Waals surface area contributed by atoms with Crippen LogP contribution in [-0.4, -0.2) is 61.4 Å². The summed E-state index contributed by atoms with van der Waals surface area (Å²) in [6, 6.07) is 14.1. The molecule has 2 heterocycles. The van der Waals surface area contributed by atoms with Crippen LogP contribution in [-0.2, 0) is 9.59 Å². The number of piperazine rings is 1. The number of anilines is 1. The fourth-order valence-corrected chi connectivity index (χ4v) is 4.14. The third-order valence-corrected chi connectivity index (χ3v) is 5.91. The zero-order valence-corrected chi connectivity index (χ0v) is 17.9. The predicted octanol–water partition coefficient (Wildman–Crippen LogP) is 3.27. The maximum atomic E-state index is 13.6. The summed E-state index contributed by atoms with van der Waals surface area (Å²) in [5.41, 5.74) is 1.96. The molecule has 4 rings (SSSR count). The molecular weight excluding hydrogens is 402 g/mol. The van der Waals surface area contributed by atoms with Crippen LogP contribution in [0.3, 0.4) is 0 Å². The molecule has 30 heavy (non-hydrogen) atoms. The minimum absolute atomic E-state index is 0.312. The zero-order valence-electron chi connectivity index (χ0n) is 17.1. The first-order valence-corrected chi connectivity index (χ1v) is 10.4. The summed E-state index contributed by atoms with van der Waals surface area (Å²) in [5.74, 6) is -0.0933. The van der Waals surface area contributed by atoms with E-state index in [9.17, 15) is 9.59 Å². The lowest BCUT2D eigenvalue weighted by atomic mass is 10.0. The highest BCUT2D eigenvalue weighted by Crippen LogP contribution is 2.38. The van der Waals surface area contributed by atoms with Crippen molar-refractivity contribution in [2.24, 2.45) is 0 Å². The lowest BCUT2D eigenvalue weighted by Crippen LogP contribution is -2.47. The number of methoxy groups -OCH3 is 1. The van der Waals surface area contributed by atoms with E-state index in [1.807, 2.05) is 23.1 Å². The van der Waals surface area contributed by atoms with Crippen LogP contribution in [0.1, 0.15) is 12.5 Å². The highest BCUT2D eigenvalue weighted by atomic mass is 35.5. The molecule has 6 nitrogen and oxygen atoms in total. The molecule has 0 saturated carbocycles. The van der Waals surface area contributed by atoms with Crippen molar-refractivity contribution in [1.82, 2.24) is 9.80 Å². The molecule has 0 unspecified atom stereocenters. The van der Waals surface area contributed by atoms with Crippen molar-refractivity contribution in [2.75, 3.05) is 44.7 Å². The highest BCUT2D eigenvalue weighted by Gasteiger charge is 2.43. The Kier molecular flexibility index (Phi) is 5.79. The molecule has 2 aliphatic heterocycles. The van der Waals surface area contributed by atoms with E-state index in [1.54, 1.807) is 37.4 Å². The Morgan fingerprint density at radius 3 is 2.23 bits per heavy atom. The molecule has 1 saturated heterocycles. The molecule has 0 aromatic heterocycles. The van der Waals surface area contributed by atoms with Crippen molar-refractivity contribution >= 4 is 34.7 Å². The Bertz CT molecular complexity index is 995. The van der Waals surface area contributed by atoms with Crippen molar-refractivity contribution in [3.63, 3.8) is 0 Å². The second-order valence-electron chi connectivity index (χ2n) is 7.27. The summed E-state index contributed by atoms with van der Waals surface area (Å²) in [6.45, 7) is 6.17. The number of para-hydroxylation sites is 1. The molecule has 1 fully saturated rings. The number of benzene rings is 2. The smallest absolute Gasteiger partial charge is 0.282 e. The Morgan fingerprint density at radius 2 is 1.60 bits per heavy atom. The average Bonchev–Trinajstić information content (AvgIpc) is 3.04. The van der Waals surface area contributed by atoms with Crippen molar-refractivity contribution in [1.29, 1.82) is 0 Å². The quantitative estimate of drug-likeness (QED) is 0.688. The number of carbonyl (C=O) groups excluding carboxylic acids is 2. The van der Waals surface area contributed by atoms with Gasteiger partial charge in [-0.3, -0.25) is 9.59 Å². The number of ether oxygens (including phenoxy) is 1. The van der Waals surface area contributed by atoms with Crippen molar-refractivity contribution < 1.29 is 14.3 Å². The van der Waals surface area contributed by atoms with Gasteiger partial charge in [0.05, 0.1) is 18.4 Å². The fraction of sp³-hybridized carbons (Fsp3) is 0.304. The normalized spacial score (nSPS) is 17.8. The van der Waals surface area contributed by atoms with Crippen LogP contribution >= 0.6 is 11.6 Å². The molecule has 0 atom stereocenters. The predicted molar refractivity (Wildman–Crippen MR) is 118 cm³/mol. The molecule has 0 radical (unpaired) electrons. The molecule has 2 aromatic rings. The average molecular weight is 426 g/mol. The minimum Gasteiger partial charge on any atom is -0.496 e. The standard InChI is InChI=1S/C23H24ClN3O3/c1-3-25-12-14-26(15-13-25)21-20(18-6-4-5-7-19(18)30-2)22(28)27(23(21)29)17-10-8-16(24)9-11-17/h4-11H,3,12-15H2,1-2H3. The second kappa shape index (κ2) is 8.50. The van der Waals surface area contributed by atoms with Gasteiger partial charge in [-0.2, -0.15) is 0 Å². The van der Waals surface area contributed by atoms with Gasteiger partial charge < -0.3 is 14.5 Å². The van der Waals surface area contributed by atoms with Crippen molar-refractivity contribution in [3.05, 3.63) is 64.8 Å². The number of rotatable bonds is 5. The van der Waals surface area contributed by atoms with E-state index in [0.29, 0.717) is 46.4 Å². The molecule has 2 aromatic carbocycles. The van der Waals surface area contributed by atoms with Gasteiger partial charge in [0.1, 0.15) is 11.4 Å². The topological polar surface area (TPSA) is 53.1 Å². The van der Waals surface area contributed by atoms with Gasteiger partial charge >= 0.3 is 0 Å². The zero-order chi connectivity index (χ0) is 21.3. The van der Waals surface area contributed by atoms with E-state index >= 15 is 0 Å². The van der Waals surface area contributed by atoms with Crippen LogP contribution in [0.4, 0.5) is 5.69 Å². The number of nitrogens with zero attached hydrogens (tertiary/aromatic N) is 3. The lowest BCUT2D eigenvalue weighted by Gasteiger charge is -2.36. The largest absolute Gasteiger partial charge is 0.496 e. The van der Waals surface area contributed by atoms with E-state index < -0.39 is 0 Å². The number of halogens is 1. The summed E-state index contributed by atoms with van der Waals surface area (Å²) in [4.78, 5) is 32.7. The van der Waals surface area contributed by atoms with Crippen molar-refractivity contribution in [3.8, 4) is 5.75 Å². The Morgan fingerprint density at radius 1 is 0.933 bits per heavy atom. The van der Waals surface area contributed by atoms with Gasteiger partial charge in [-0.05, 0) is 36.9 Å². The molecule has 0 bridgehead atoms. The maximum absolute atomic E-state index is 13.6. The first-order valence-electron chi connectivity index (χ1n) is 10.0. The summed E-state index contributed by atoms with van der Waals surface area (Å²) in [7, 11) is 1.57. The Hall–Kier alpha value is -2.83. The number of carbonyl (C=O) groups is 2. The van der Waals surface area contributed by atoms with Crippen LogP contribution in [0.15, 0.2) is 54.2 Å². The molecule has 0 spiro atoms. The van der Waals surface area contributed by atoms with Gasteiger partial charge in [-0.15, -0.1) is 0 Å². The Labute approximate surface area is 181 Å². The summed E-state index contributed by atoms with van der Waals surface area (Å²) < 4.78 is 5.51. The molecule has 0 N–H and O–H groups in total. The van der Waals surface area contributed by atoms with E-state index in [-0.39, 0.29) is 11.8 Å². The Balaban J connectivity index is 1.81. The minimum atomic E-state index is -0.347. The van der Waals surface area contributed by atoms with Gasteiger partial charge in [0.15, 0.2) is 0 Å². The molecule has 7 heteroatoms. The summed E-state index contributed by atoms with van der Waals surface area (Å²) in [5, 5.41) is 0.548. The van der Waals surface area contributed by atoms with Gasteiger partial charge in [0.25, 0.3) is 11.8 Å². The number of imide groups is 1. The lowest BCUT2D eigenvalue weighted by molar-refractivity contribution is -0.120. The van der Waals surface area contributed by atoms with Gasteiger partial charge in [-0.25, -0.2) is 4.90 Å². The molecule has 2 aliphatic rings. The van der Waals surface area contributed by atoms with Crippen LogP contribution in [0, 0.1) is 0 Å². The van der Waals surface area contributed by atoms with Gasteiger partial charge in [0, 0.05) is 36.8 Å². The monoisotopic (exact) mass is 425 g/mol. The number of hydrogen-bond acceptors (Lipinski definition) is 5. The number of hydrogen-bond donors (Lipinski definition) is 0. The van der Waals surface area contributed by atoms with Crippen molar-refractivity contribution in [2.45, 2.75) is 6.92 Å². The third-order valence-electron chi connectivity index (χ3n) is 5.66. The van der Waals surface area contributed by atoms with E-state index in [4.69, 9.17) is 16.3 Å². The first-order chi connectivity index (χ1) is 14.5. The number of likely N-dealkylation sites (N-methyl/N-ethyl adjacent to an activating group) is 1. The van der Waals surface area contributed by atoms with Crippen LogP contribution in [0.5, 0.6) is 5.75 Å². The van der Waals surface area contributed by atoms with Crippen LogP contribution < -0.4 is 9.64 Å². The highest BCUT2D eigenvalue weighted by molar-refractivity contribution is 6.45. The number of amides is 2. The van der Waals surface area contributed by atoms with E-state index in [1.165, 1.54) is 4.90 Å². The van der Waals surface area contributed by atoms with Gasteiger partial charge in [0.2, 0.25) is 0 Å². The third kappa shape index (κ3) is 3.57.